The fourth-order valence-electron chi connectivity index (χ4n) is 4.33. The lowest BCUT2D eigenvalue weighted by molar-refractivity contribution is -0.253. The van der Waals surface area contributed by atoms with E-state index in [0.29, 0.717) is 11.6 Å². The lowest BCUT2D eigenvalue weighted by atomic mass is 9.77. The Hall–Kier alpha value is -4.54. The summed E-state index contributed by atoms with van der Waals surface area (Å²) in [5.41, 5.74) is -1.33. The van der Waals surface area contributed by atoms with Gasteiger partial charge in [-0.05, 0) is 59.2 Å². The van der Waals surface area contributed by atoms with Gasteiger partial charge >= 0.3 is 12.5 Å². The van der Waals surface area contributed by atoms with E-state index in [0.717, 1.165) is 42.5 Å². The van der Waals surface area contributed by atoms with Crippen molar-refractivity contribution < 1.29 is 45.0 Å². The van der Waals surface area contributed by atoms with Crippen LogP contribution in [0, 0.1) is 17.5 Å². The van der Waals surface area contributed by atoms with Gasteiger partial charge in [-0.2, -0.15) is 17.6 Å². The molecule has 0 aliphatic heterocycles. The van der Waals surface area contributed by atoms with Crippen molar-refractivity contribution in [2.45, 2.75) is 24.5 Å². The second kappa shape index (κ2) is 11.9. The first-order valence-electron chi connectivity index (χ1n) is 12.1. The second-order valence-electron chi connectivity index (χ2n) is 9.02. The minimum Gasteiger partial charge on any atom is -0.494 e. The summed E-state index contributed by atoms with van der Waals surface area (Å²) in [6.07, 6.45) is -9.30. The van der Waals surface area contributed by atoms with Crippen LogP contribution in [0.15, 0.2) is 91.0 Å². The maximum absolute atomic E-state index is 14.9. The zero-order valence-corrected chi connectivity index (χ0v) is 21.3. The number of methoxy groups -OCH3 is 1. The third-order valence-corrected chi connectivity index (χ3v) is 6.26. The van der Waals surface area contributed by atoms with E-state index in [4.69, 9.17) is 4.74 Å². The molecule has 0 bridgehead atoms. The molecule has 11 heteroatoms. The molecule has 4 rings (SSSR count). The number of halogens is 7. The highest BCUT2D eigenvalue weighted by molar-refractivity contribution is 5.95. The summed E-state index contributed by atoms with van der Waals surface area (Å²) in [6.45, 7) is 0. The van der Waals surface area contributed by atoms with Crippen molar-refractivity contribution in [1.82, 2.24) is 5.32 Å². The largest absolute Gasteiger partial charge is 0.494 e. The van der Waals surface area contributed by atoms with Crippen molar-refractivity contribution in [2.75, 3.05) is 7.11 Å². The molecule has 0 aromatic heterocycles. The SMILES string of the molecule is COc1cc(C(=O)NC(Cc2ccccc2)(c2ccc(F)cc2)c2cc(F)cc(OC(F)(F)C(F)F)c2)ccc1F. The lowest BCUT2D eigenvalue weighted by Gasteiger charge is -2.37. The van der Waals surface area contributed by atoms with Crippen molar-refractivity contribution in [3.8, 4) is 11.5 Å². The maximum atomic E-state index is 14.9. The Morgan fingerprint density at radius 2 is 1.51 bits per heavy atom. The van der Waals surface area contributed by atoms with Gasteiger partial charge < -0.3 is 14.8 Å². The van der Waals surface area contributed by atoms with E-state index in [1.54, 1.807) is 30.3 Å². The topological polar surface area (TPSA) is 47.6 Å². The van der Waals surface area contributed by atoms with E-state index in [1.807, 2.05) is 0 Å². The van der Waals surface area contributed by atoms with E-state index in [2.05, 4.69) is 10.1 Å². The summed E-state index contributed by atoms with van der Waals surface area (Å²) in [5, 5.41) is 2.76. The molecular weight excluding hydrogens is 555 g/mol. The molecule has 4 aromatic carbocycles. The van der Waals surface area contributed by atoms with Gasteiger partial charge in [0.05, 0.1) is 12.6 Å². The quantitative estimate of drug-likeness (QED) is 0.202. The number of rotatable bonds is 10. The molecule has 0 saturated carbocycles. The third kappa shape index (κ3) is 6.62. The van der Waals surface area contributed by atoms with Gasteiger partial charge in [0, 0.05) is 18.1 Å². The summed E-state index contributed by atoms with van der Waals surface area (Å²) in [7, 11) is 1.20. The van der Waals surface area contributed by atoms with Crippen LogP contribution in [0.1, 0.15) is 27.0 Å². The average molecular weight is 577 g/mol. The maximum Gasteiger partial charge on any atom is 0.461 e. The van der Waals surface area contributed by atoms with Crippen LogP contribution in [-0.4, -0.2) is 25.6 Å². The summed E-state index contributed by atoms with van der Waals surface area (Å²) < 4.78 is 105. The van der Waals surface area contributed by atoms with Gasteiger partial charge in [-0.3, -0.25) is 4.79 Å². The number of carbonyl (C=O) groups excluding carboxylic acids is 1. The molecule has 0 heterocycles. The smallest absolute Gasteiger partial charge is 0.461 e. The van der Waals surface area contributed by atoms with Crippen LogP contribution in [0.3, 0.4) is 0 Å². The molecule has 1 atom stereocenters. The number of carbonyl (C=O) groups is 1. The number of alkyl halides is 4. The Morgan fingerprint density at radius 1 is 0.829 bits per heavy atom. The van der Waals surface area contributed by atoms with Crippen molar-refractivity contribution in [3.05, 3.63) is 131 Å². The molecule has 1 unspecified atom stereocenters. The Kier molecular flexibility index (Phi) is 8.55. The molecule has 214 valence electrons. The Balaban J connectivity index is 1.94. The normalized spacial score (nSPS) is 13.0. The molecule has 0 aliphatic rings. The van der Waals surface area contributed by atoms with Crippen molar-refractivity contribution in [2.24, 2.45) is 0 Å². The van der Waals surface area contributed by atoms with Crippen LogP contribution < -0.4 is 14.8 Å². The van der Waals surface area contributed by atoms with Gasteiger partial charge in [-0.15, -0.1) is 0 Å². The van der Waals surface area contributed by atoms with Crippen molar-refractivity contribution >= 4 is 5.91 Å². The van der Waals surface area contributed by atoms with Gasteiger partial charge in [-0.25, -0.2) is 13.2 Å². The fourth-order valence-corrected chi connectivity index (χ4v) is 4.33. The van der Waals surface area contributed by atoms with Crippen LogP contribution >= 0.6 is 0 Å². The predicted molar refractivity (Wildman–Crippen MR) is 136 cm³/mol. The van der Waals surface area contributed by atoms with E-state index in [9.17, 15) is 35.5 Å². The Bertz CT molecular complexity index is 1510. The molecule has 0 radical (unpaired) electrons. The van der Waals surface area contributed by atoms with Gasteiger partial charge in [0.2, 0.25) is 0 Å². The summed E-state index contributed by atoms with van der Waals surface area (Å²) in [5.74, 6) is -4.54. The van der Waals surface area contributed by atoms with Gasteiger partial charge in [0.15, 0.2) is 11.6 Å². The molecule has 41 heavy (non-hydrogen) atoms. The fraction of sp³-hybridized carbons (Fsp3) is 0.167. The first-order chi connectivity index (χ1) is 19.4. The van der Waals surface area contributed by atoms with Crippen LogP contribution in [0.2, 0.25) is 0 Å². The molecule has 0 spiro atoms. The first-order valence-corrected chi connectivity index (χ1v) is 12.1. The van der Waals surface area contributed by atoms with E-state index < -0.39 is 47.2 Å². The Labute approximate surface area is 230 Å². The van der Waals surface area contributed by atoms with Crippen LogP contribution in [0.25, 0.3) is 0 Å². The molecular formula is C30H22F7NO3. The van der Waals surface area contributed by atoms with E-state index in [1.165, 1.54) is 19.2 Å². The number of ether oxygens (including phenoxy) is 2. The molecule has 0 aliphatic carbocycles. The predicted octanol–water partition coefficient (Wildman–Crippen LogP) is 7.27. The Morgan fingerprint density at radius 3 is 2.15 bits per heavy atom. The van der Waals surface area contributed by atoms with Crippen LogP contribution in [-0.2, 0) is 12.0 Å². The summed E-state index contributed by atoms with van der Waals surface area (Å²) in [6, 6.07) is 18.7. The molecule has 1 N–H and O–H groups in total. The highest BCUT2D eigenvalue weighted by atomic mass is 19.3. The zero-order chi connectivity index (χ0) is 29.8. The monoisotopic (exact) mass is 577 g/mol. The number of nitrogens with one attached hydrogen (secondary N) is 1. The van der Waals surface area contributed by atoms with E-state index >= 15 is 0 Å². The molecule has 4 nitrogen and oxygen atoms in total. The highest BCUT2D eigenvalue weighted by Gasteiger charge is 2.45. The number of hydrogen-bond acceptors (Lipinski definition) is 3. The third-order valence-electron chi connectivity index (χ3n) is 6.26. The standard InChI is InChI=1S/C30H22F7NO3/c1-40-26-13-19(7-12-25(26)33)27(39)38-29(17-18-5-3-2-4-6-18,20-8-10-22(31)11-9-20)21-14-23(32)16-24(15-21)41-30(36,37)28(34)35/h2-16,28H,17H2,1H3,(H,38,39). The van der Waals surface area contributed by atoms with Crippen molar-refractivity contribution in [1.29, 1.82) is 0 Å². The molecule has 0 saturated heterocycles. The number of amides is 1. The first kappa shape index (κ1) is 29.4. The minimum atomic E-state index is -4.95. The highest BCUT2D eigenvalue weighted by Crippen LogP contribution is 2.38. The zero-order valence-electron chi connectivity index (χ0n) is 21.3. The van der Waals surface area contributed by atoms with Gasteiger partial charge in [0.1, 0.15) is 17.4 Å². The molecule has 4 aromatic rings. The van der Waals surface area contributed by atoms with Crippen molar-refractivity contribution in [3.63, 3.8) is 0 Å². The lowest BCUT2D eigenvalue weighted by Crippen LogP contribution is -2.48. The molecule has 1 amide bonds. The summed E-state index contributed by atoms with van der Waals surface area (Å²) in [4.78, 5) is 13.6. The van der Waals surface area contributed by atoms with Crippen LogP contribution in [0.5, 0.6) is 11.5 Å². The van der Waals surface area contributed by atoms with Gasteiger partial charge in [-0.1, -0.05) is 42.5 Å². The number of benzene rings is 4. The minimum absolute atomic E-state index is 0.0834. The van der Waals surface area contributed by atoms with Gasteiger partial charge in [0.25, 0.3) is 5.91 Å². The second-order valence-corrected chi connectivity index (χ2v) is 9.02. The number of hydrogen-bond donors (Lipinski definition) is 1. The summed E-state index contributed by atoms with van der Waals surface area (Å²) >= 11 is 0. The molecule has 0 fully saturated rings. The van der Waals surface area contributed by atoms with Crippen LogP contribution in [0.4, 0.5) is 30.7 Å². The van der Waals surface area contributed by atoms with E-state index in [-0.39, 0.29) is 28.9 Å². The average Bonchev–Trinajstić information content (AvgIpc) is 2.93.